The van der Waals surface area contributed by atoms with E-state index in [-0.39, 0.29) is 5.82 Å². The van der Waals surface area contributed by atoms with Crippen molar-refractivity contribution in [1.82, 2.24) is 9.38 Å². The zero-order valence-electron chi connectivity index (χ0n) is 14.0. The van der Waals surface area contributed by atoms with Crippen LogP contribution in [-0.4, -0.2) is 16.5 Å². The maximum atomic E-state index is 13.4. The topological polar surface area (TPSA) is 51.2 Å². The molecule has 0 aliphatic carbocycles. The summed E-state index contributed by atoms with van der Waals surface area (Å²) >= 11 is 0. The summed E-state index contributed by atoms with van der Waals surface area (Å²) in [7, 11) is 1.62. The minimum atomic E-state index is -0.352. The van der Waals surface area contributed by atoms with Gasteiger partial charge in [-0.25, -0.2) is 9.37 Å². The molecule has 2 aromatic carbocycles. The highest BCUT2D eigenvalue weighted by molar-refractivity contribution is 5.74. The predicted octanol–water partition coefficient (Wildman–Crippen LogP) is 5.56. The van der Waals surface area contributed by atoms with Crippen molar-refractivity contribution in [1.29, 1.82) is 0 Å². The van der Waals surface area contributed by atoms with E-state index in [1.165, 1.54) is 12.1 Å². The van der Waals surface area contributed by atoms with Gasteiger partial charge in [-0.1, -0.05) is 12.1 Å². The van der Waals surface area contributed by atoms with Crippen molar-refractivity contribution in [2.45, 2.75) is 0 Å². The van der Waals surface area contributed by atoms with Crippen LogP contribution in [0.1, 0.15) is 0 Å². The zero-order valence-corrected chi connectivity index (χ0v) is 14.0. The van der Waals surface area contributed by atoms with Gasteiger partial charge in [0.15, 0.2) is 5.82 Å². The van der Waals surface area contributed by atoms with Crippen molar-refractivity contribution in [3.05, 3.63) is 78.7 Å². The minimum absolute atomic E-state index is 0.352. The molecule has 0 fully saturated rings. The summed E-state index contributed by atoms with van der Waals surface area (Å²) < 4.78 is 20.4. The van der Waals surface area contributed by atoms with Crippen molar-refractivity contribution >= 4 is 17.2 Å². The number of nitrogens with zero attached hydrogens (tertiary/aromatic N) is 4. The van der Waals surface area contributed by atoms with E-state index >= 15 is 0 Å². The average Bonchev–Trinajstić information content (AvgIpc) is 3.05. The highest BCUT2D eigenvalue weighted by Crippen LogP contribution is 2.33. The molecule has 4 rings (SSSR count). The molecule has 0 N–H and O–H groups in total. The van der Waals surface area contributed by atoms with E-state index in [1.807, 2.05) is 53.1 Å². The van der Waals surface area contributed by atoms with Crippen molar-refractivity contribution in [2.75, 3.05) is 7.11 Å². The Hall–Kier alpha value is -3.54. The number of benzene rings is 2. The molecular formula is C20H15FN4O. The monoisotopic (exact) mass is 346 g/mol. The number of aromatic nitrogens is 2. The second kappa shape index (κ2) is 6.76. The van der Waals surface area contributed by atoms with Gasteiger partial charge >= 0.3 is 0 Å². The Balaban J connectivity index is 1.83. The third-order valence-electron chi connectivity index (χ3n) is 3.94. The van der Waals surface area contributed by atoms with E-state index in [1.54, 1.807) is 19.2 Å². The van der Waals surface area contributed by atoms with Crippen LogP contribution >= 0.6 is 0 Å². The first-order chi connectivity index (χ1) is 12.7. The van der Waals surface area contributed by atoms with Gasteiger partial charge < -0.3 is 4.74 Å². The molecule has 2 heterocycles. The van der Waals surface area contributed by atoms with Crippen molar-refractivity contribution in [3.63, 3.8) is 0 Å². The Labute approximate surface area is 149 Å². The molecule has 26 heavy (non-hydrogen) atoms. The number of azo groups is 1. The van der Waals surface area contributed by atoms with E-state index in [0.29, 0.717) is 17.2 Å². The number of hydrogen-bond donors (Lipinski definition) is 0. The largest absolute Gasteiger partial charge is 0.497 e. The Bertz CT molecular complexity index is 1090. The van der Waals surface area contributed by atoms with Gasteiger partial charge in [0.25, 0.3) is 0 Å². The average molecular weight is 346 g/mol. The summed E-state index contributed by atoms with van der Waals surface area (Å²) in [4.78, 5) is 4.66. The van der Waals surface area contributed by atoms with E-state index in [9.17, 15) is 4.39 Å². The van der Waals surface area contributed by atoms with Crippen LogP contribution in [0.2, 0.25) is 0 Å². The summed E-state index contributed by atoms with van der Waals surface area (Å²) in [6.07, 6.45) is 1.87. The first-order valence-corrected chi connectivity index (χ1v) is 8.03. The number of imidazole rings is 1. The number of methoxy groups -OCH3 is 1. The maximum absolute atomic E-state index is 13.4. The number of rotatable bonds is 4. The molecule has 0 saturated heterocycles. The molecule has 128 valence electrons. The van der Waals surface area contributed by atoms with Crippen LogP contribution in [-0.2, 0) is 0 Å². The van der Waals surface area contributed by atoms with Gasteiger partial charge in [-0.15, -0.1) is 10.2 Å². The lowest BCUT2D eigenvalue weighted by molar-refractivity contribution is 0.415. The Morgan fingerprint density at radius 2 is 1.81 bits per heavy atom. The SMILES string of the molecule is COc1ccc(-c2nc3ccccn3c2N=Nc2cccc(F)c2)cc1. The number of halogens is 1. The van der Waals surface area contributed by atoms with Gasteiger partial charge in [-0.05, 0) is 48.5 Å². The normalized spacial score (nSPS) is 11.3. The fourth-order valence-electron chi connectivity index (χ4n) is 2.66. The number of ether oxygens (including phenoxy) is 1. The quantitative estimate of drug-likeness (QED) is 0.454. The molecule has 2 aromatic heterocycles. The number of hydrogen-bond acceptors (Lipinski definition) is 4. The van der Waals surface area contributed by atoms with Crippen LogP contribution < -0.4 is 4.74 Å². The molecule has 4 aromatic rings. The molecule has 0 amide bonds. The first kappa shape index (κ1) is 16.0. The third kappa shape index (κ3) is 3.04. The second-order valence-corrected chi connectivity index (χ2v) is 5.62. The summed E-state index contributed by atoms with van der Waals surface area (Å²) in [6, 6.07) is 19.3. The van der Waals surface area contributed by atoms with Crippen LogP contribution in [0.25, 0.3) is 16.9 Å². The minimum Gasteiger partial charge on any atom is -0.497 e. The molecule has 0 aliphatic heterocycles. The Kier molecular flexibility index (Phi) is 4.15. The molecule has 0 saturated carbocycles. The van der Waals surface area contributed by atoms with Gasteiger partial charge in [0.1, 0.15) is 22.9 Å². The maximum Gasteiger partial charge on any atom is 0.187 e. The van der Waals surface area contributed by atoms with Crippen molar-refractivity contribution in [3.8, 4) is 17.0 Å². The van der Waals surface area contributed by atoms with E-state index in [2.05, 4.69) is 15.2 Å². The first-order valence-electron chi connectivity index (χ1n) is 8.03. The fraction of sp³-hybridized carbons (Fsp3) is 0.0500. The lowest BCUT2D eigenvalue weighted by Gasteiger charge is -2.02. The predicted molar refractivity (Wildman–Crippen MR) is 97.8 cm³/mol. The van der Waals surface area contributed by atoms with E-state index in [0.717, 1.165) is 17.0 Å². The lowest BCUT2D eigenvalue weighted by atomic mass is 10.1. The van der Waals surface area contributed by atoms with Gasteiger partial charge in [-0.3, -0.25) is 4.40 Å². The molecular weight excluding hydrogens is 331 g/mol. The second-order valence-electron chi connectivity index (χ2n) is 5.62. The lowest BCUT2D eigenvalue weighted by Crippen LogP contribution is -1.83. The molecule has 0 bridgehead atoms. The molecule has 0 radical (unpaired) electrons. The highest BCUT2D eigenvalue weighted by atomic mass is 19.1. The Morgan fingerprint density at radius 3 is 2.58 bits per heavy atom. The number of fused-ring (bicyclic) bond motifs is 1. The van der Waals surface area contributed by atoms with Gasteiger partial charge in [-0.2, -0.15) is 0 Å². The van der Waals surface area contributed by atoms with Crippen LogP contribution in [0.5, 0.6) is 5.75 Å². The summed E-state index contributed by atoms with van der Waals surface area (Å²) in [5.74, 6) is 0.991. The third-order valence-corrected chi connectivity index (χ3v) is 3.94. The molecule has 0 aliphatic rings. The van der Waals surface area contributed by atoms with Gasteiger partial charge in [0.2, 0.25) is 0 Å². The molecule has 0 unspecified atom stereocenters. The van der Waals surface area contributed by atoms with E-state index in [4.69, 9.17) is 4.74 Å². The van der Waals surface area contributed by atoms with Crippen LogP contribution in [0.4, 0.5) is 15.9 Å². The molecule has 0 spiro atoms. The highest BCUT2D eigenvalue weighted by Gasteiger charge is 2.14. The summed E-state index contributed by atoms with van der Waals surface area (Å²) in [5, 5.41) is 8.53. The zero-order chi connectivity index (χ0) is 17.9. The smallest absolute Gasteiger partial charge is 0.187 e. The molecule has 5 nitrogen and oxygen atoms in total. The van der Waals surface area contributed by atoms with Crippen LogP contribution in [0.3, 0.4) is 0 Å². The van der Waals surface area contributed by atoms with Crippen LogP contribution in [0.15, 0.2) is 83.2 Å². The standard InChI is InChI=1S/C20H15FN4O/c1-26-17-10-8-14(9-11-17)19-20(25-12-3-2-7-18(25)22-19)24-23-16-6-4-5-15(21)13-16/h2-13H,1H3. The summed E-state index contributed by atoms with van der Waals surface area (Å²) in [5.41, 5.74) is 2.78. The molecule has 6 heteroatoms. The summed E-state index contributed by atoms with van der Waals surface area (Å²) in [6.45, 7) is 0. The Morgan fingerprint density at radius 1 is 0.962 bits per heavy atom. The van der Waals surface area contributed by atoms with Crippen LogP contribution in [0, 0.1) is 5.82 Å². The van der Waals surface area contributed by atoms with Gasteiger partial charge in [0.05, 0.1) is 12.8 Å². The molecule has 0 atom stereocenters. The van der Waals surface area contributed by atoms with Crippen molar-refractivity contribution < 1.29 is 9.13 Å². The van der Waals surface area contributed by atoms with Gasteiger partial charge in [0, 0.05) is 17.8 Å². The number of pyridine rings is 1. The van der Waals surface area contributed by atoms with Crippen molar-refractivity contribution in [2.24, 2.45) is 10.2 Å². The fourth-order valence-corrected chi connectivity index (χ4v) is 2.66. The van der Waals surface area contributed by atoms with E-state index < -0.39 is 0 Å².